The van der Waals surface area contributed by atoms with E-state index in [2.05, 4.69) is 127 Å². The van der Waals surface area contributed by atoms with Crippen molar-refractivity contribution in [3.8, 4) is 11.8 Å². The van der Waals surface area contributed by atoms with Gasteiger partial charge in [0, 0.05) is 5.56 Å². The van der Waals surface area contributed by atoms with Gasteiger partial charge in [-0.05, 0) is 72.9 Å². The van der Waals surface area contributed by atoms with Crippen molar-refractivity contribution in [1.82, 2.24) is 0 Å². The minimum Gasteiger partial charge on any atom is -0.0695 e. The highest BCUT2D eigenvalue weighted by atomic mass is 14.1. The van der Waals surface area contributed by atoms with Gasteiger partial charge in [0.2, 0.25) is 0 Å². The first-order valence-corrected chi connectivity index (χ1v) is 10.9. The van der Waals surface area contributed by atoms with E-state index in [1.54, 1.807) is 0 Å². The number of rotatable bonds is 1. The fourth-order valence-electron chi connectivity index (χ4n) is 4.52. The largest absolute Gasteiger partial charge is 0.0695 e. The summed E-state index contributed by atoms with van der Waals surface area (Å²) in [5.74, 6) is 6.72. The molecule has 0 nitrogen and oxygen atoms in total. The van der Waals surface area contributed by atoms with Crippen LogP contribution in [0.2, 0.25) is 0 Å². The number of benzene rings is 6. The topological polar surface area (TPSA) is 0 Å². The fourth-order valence-corrected chi connectivity index (χ4v) is 4.52. The lowest BCUT2D eigenvalue weighted by Gasteiger charge is -2.06. The van der Waals surface area contributed by atoms with Gasteiger partial charge in [0.1, 0.15) is 0 Å². The molecule has 0 aliphatic rings. The molecule has 6 aromatic rings. The molecule has 0 fully saturated rings. The molecule has 32 heavy (non-hydrogen) atoms. The summed E-state index contributed by atoms with van der Waals surface area (Å²) in [5.41, 5.74) is 2.25. The zero-order valence-corrected chi connectivity index (χ0v) is 17.5. The number of fused-ring (bicyclic) bond motifs is 5. The SMILES string of the molecule is C(#Cc1c2ccccc2cc2ccccc12)/C=C\c1ccc2ccc3ccccc3c2c1. The lowest BCUT2D eigenvalue weighted by Crippen LogP contribution is -1.84. The summed E-state index contributed by atoms with van der Waals surface area (Å²) in [4.78, 5) is 0. The normalized spacial score (nSPS) is 11.4. The summed E-state index contributed by atoms with van der Waals surface area (Å²) in [6, 6.07) is 38.7. The highest BCUT2D eigenvalue weighted by molar-refractivity contribution is 6.08. The molecule has 0 amide bonds. The molecule has 6 aromatic carbocycles. The zero-order valence-electron chi connectivity index (χ0n) is 17.5. The highest BCUT2D eigenvalue weighted by Gasteiger charge is 2.04. The maximum absolute atomic E-state index is 3.43. The number of hydrogen-bond acceptors (Lipinski definition) is 0. The van der Waals surface area contributed by atoms with Crippen molar-refractivity contribution in [2.24, 2.45) is 0 Å². The second-order valence-electron chi connectivity index (χ2n) is 8.06. The molecule has 0 saturated heterocycles. The molecular weight excluding hydrogens is 384 g/mol. The van der Waals surface area contributed by atoms with E-state index >= 15 is 0 Å². The van der Waals surface area contributed by atoms with Crippen LogP contribution >= 0.6 is 0 Å². The van der Waals surface area contributed by atoms with Crippen molar-refractivity contribution in [2.45, 2.75) is 0 Å². The van der Waals surface area contributed by atoms with E-state index in [0.29, 0.717) is 0 Å². The first-order valence-electron chi connectivity index (χ1n) is 10.9. The Morgan fingerprint density at radius 1 is 0.469 bits per heavy atom. The monoisotopic (exact) mass is 404 g/mol. The van der Waals surface area contributed by atoms with Crippen LogP contribution in [-0.2, 0) is 0 Å². The van der Waals surface area contributed by atoms with Crippen LogP contribution in [0.25, 0.3) is 49.2 Å². The maximum Gasteiger partial charge on any atom is 0.0405 e. The van der Waals surface area contributed by atoms with Crippen molar-refractivity contribution >= 4 is 49.2 Å². The average Bonchev–Trinajstić information content (AvgIpc) is 2.86. The van der Waals surface area contributed by atoms with E-state index in [0.717, 1.165) is 11.1 Å². The summed E-state index contributed by atoms with van der Waals surface area (Å²) < 4.78 is 0. The van der Waals surface area contributed by atoms with Crippen LogP contribution in [0.1, 0.15) is 11.1 Å². The van der Waals surface area contributed by atoms with Crippen molar-refractivity contribution < 1.29 is 0 Å². The van der Waals surface area contributed by atoms with Crippen LogP contribution in [-0.4, -0.2) is 0 Å². The van der Waals surface area contributed by atoms with Crippen molar-refractivity contribution in [2.75, 3.05) is 0 Å². The van der Waals surface area contributed by atoms with Crippen LogP contribution < -0.4 is 0 Å². The molecule has 148 valence electrons. The first kappa shape index (κ1) is 18.4. The van der Waals surface area contributed by atoms with Crippen molar-refractivity contribution in [3.05, 3.63) is 126 Å². The summed E-state index contributed by atoms with van der Waals surface area (Å²) in [5, 5.41) is 9.93. The number of allylic oxidation sites excluding steroid dienone is 1. The minimum atomic E-state index is 1.09. The standard InChI is InChI=1S/C32H20/c1(9-23-17-18-25-20-19-24-10-2-6-13-28(24)32(25)21-23)5-16-31-29-14-7-3-11-26(29)22-27-12-4-8-15-30(27)31/h1-4,6-15,17-22H/b9-1-. The Labute approximate surface area is 187 Å². The van der Waals surface area contributed by atoms with Crippen molar-refractivity contribution in [3.63, 3.8) is 0 Å². The van der Waals surface area contributed by atoms with E-state index in [4.69, 9.17) is 0 Å². The van der Waals surface area contributed by atoms with Crippen LogP contribution in [0.3, 0.4) is 0 Å². The molecule has 0 aliphatic carbocycles. The Kier molecular flexibility index (Phi) is 4.45. The third-order valence-corrected chi connectivity index (χ3v) is 6.10. The Morgan fingerprint density at radius 2 is 1.03 bits per heavy atom. The zero-order chi connectivity index (χ0) is 21.3. The van der Waals surface area contributed by atoms with Crippen LogP contribution in [0.4, 0.5) is 0 Å². The number of hydrogen-bond donors (Lipinski definition) is 0. The molecule has 0 unspecified atom stereocenters. The smallest absolute Gasteiger partial charge is 0.0405 e. The molecule has 0 atom stereocenters. The van der Waals surface area contributed by atoms with Crippen molar-refractivity contribution in [1.29, 1.82) is 0 Å². The second kappa shape index (κ2) is 7.73. The summed E-state index contributed by atoms with van der Waals surface area (Å²) >= 11 is 0. The highest BCUT2D eigenvalue weighted by Crippen LogP contribution is 2.28. The minimum absolute atomic E-state index is 1.09. The third-order valence-electron chi connectivity index (χ3n) is 6.10. The molecule has 0 spiro atoms. The lowest BCUT2D eigenvalue weighted by molar-refractivity contribution is 1.72. The summed E-state index contributed by atoms with van der Waals surface area (Å²) in [7, 11) is 0. The quantitative estimate of drug-likeness (QED) is 0.147. The molecule has 0 aliphatic heterocycles. The van der Waals surface area contributed by atoms with Crippen LogP contribution in [0.5, 0.6) is 0 Å². The Bertz CT molecular complexity index is 1670. The molecular formula is C32H20. The fraction of sp³-hybridized carbons (Fsp3) is 0. The predicted molar refractivity (Wildman–Crippen MR) is 139 cm³/mol. The first-order chi connectivity index (χ1) is 15.9. The molecule has 0 aromatic heterocycles. The predicted octanol–water partition coefficient (Wildman–Crippen LogP) is 8.36. The van der Waals surface area contributed by atoms with Gasteiger partial charge < -0.3 is 0 Å². The molecule has 0 saturated carbocycles. The Morgan fingerprint density at radius 3 is 1.75 bits per heavy atom. The van der Waals surface area contributed by atoms with Gasteiger partial charge in [-0.25, -0.2) is 0 Å². The van der Waals surface area contributed by atoms with Gasteiger partial charge in [-0.15, -0.1) is 0 Å². The lowest BCUT2D eigenvalue weighted by atomic mass is 9.97. The average molecular weight is 405 g/mol. The van der Waals surface area contributed by atoms with Gasteiger partial charge in [-0.1, -0.05) is 109 Å². The van der Waals surface area contributed by atoms with Crippen LogP contribution in [0.15, 0.2) is 115 Å². The van der Waals surface area contributed by atoms with Gasteiger partial charge in [0.05, 0.1) is 0 Å². The molecule has 0 bridgehead atoms. The Balaban J connectivity index is 1.42. The molecule has 0 radical (unpaired) electrons. The third kappa shape index (κ3) is 3.22. The summed E-state index contributed by atoms with van der Waals surface area (Å²) in [6.45, 7) is 0. The van der Waals surface area contributed by atoms with Gasteiger partial charge in [0.25, 0.3) is 0 Å². The molecule has 0 heterocycles. The van der Waals surface area contributed by atoms with Gasteiger partial charge in [-0.2, -0.15) is 0 Å². The van der Waals surface area contributed by atoms with E-state index < -0.39 is 0 Å². The van der Waals surface area contributed by atoms with E-state index in [9.17, 15) is 0 Å². The van der Waals surface area contributed by atoms with Crippen LogP contribution in [0, 0.1) is 11.8 Å². The van der Waals surface area contributed by atoms with Gasteiger partial charge in [0.15, 0.2) is 0 Å². The molecule has 6 rings (SSSR count). The maximum atomic E-state index is 3.43. The molecule has 0 N–H and O–H groups in total. The second-order valence-corrected chi connectivity index (χ2v) is 8.06. The van der Waals surface area contributed by atoms with E-state index in [-0.39, 0.29) is 0 Å². The summed E-state index contributed by atoms with van der Waals surface area (Å²) in [6.07, 6.45) is 4.06. The Hall–Kier alpha value is -4.34. The molecule has 0 heteroatoms. The van der Waals surface area contributed by atoms with Gasteiger partial charge in [-0.3, -0.25) is 0 Å². The van der Waals surface area contributed by atoms with E-state index in [1.165, 1.54) is 43.1 Å². The van der Waals surface area contributed by atoms with E-state index in [1.807, 2.05) is 6.08 Å². The van der Waals surface area contributed by atoms with Gasteiger partial charge >= 0.3 is 0 Å².